The molecule has 0 aliphatic heterocycles. The highest BCUT2D eigenvalue weighted by atomic mass is 35.5. The number of carbonyl (C=O) groups is 2. The molecule has 0 fully saturated rings. The summed E-state index contributed by atoms with van der Waals surface area (Å²) in [7, 11) is 0. The van der Waals surface area contributed by atoms with E-state index in [0.717, 1.165) is 6.42 Å². The van der Waals surface area contributed by atoms with Gasteiger partial charge in [-0.1, -0.05) is 60.8 Å². The van der Waals surface area contributed by atoms with Gasteiger partial charge in [-0.2, -0.15) is 0 Å². The first kappa shape index (κ1) is 25.3. The fourth-order valence-corrected chi connectivity index (χ4v) is 3.70. The monoisotopic (exact) mass is 484 g/mol. The maximum absolute atomic E-state index is 13.2. The van der Waals surface area contributed by atoms with Gasteiger partial charge >= 0.3 is 0 Å². The first-order valence-corrected chi connectivity index (χ1v) is 11.3. The molecule has 2 aromatic rings. The third kappa shape index (κ3) is 7.30. The molecule has 8 heteroatoms. The molecular formula is C23H27Cl3N2O3. The Bertz CT molecular complexity index is 887. The third-order valence-electron chi connectivity index (χ3n) is 4.94. The van der Waals surface area contributed by atoms with Crippen LogP contribution in [0.5, 0.6) is 5.75 Å². The lowest BCUT2D eigenvalue weighted by atomic mass is 10.1. The van der Waals surface area contributed by atoms with Crippen molar-refractivity contribution < 1.29 is 14.3 Å². The maximum Gasteiger partial charge on any atom is 0.261 e. The summed E-state index contributed by atoms with van der Waals surface area (Å²) in [6, 6.07) is 11.2. The summed E-state index contributed by atoms with van der Waals surface area (Å²) in [5, 5.41) is 4.32. The predicted molar refractivity (Wildman–Crippen MR) is 126 cm³/mol. The van der Waals surface area contributed by atoms with Crippen LogP contribution in [0.25, 0.3) is 0 Å². The molecule has 2 rings (SSSR count). The van der Waals surface area contributed by atoms with E-state index in [4.69, 9.17) is 39.5 Å². The number of nitrogens with one attached hydrogen (secondary N) is 1. The van der Waals surface area contributed by atoms with Crippen LogP contribution >= 0.6 is 34.8 Å². The van der Waals surface area contributed by atoms with Crippen LogP contribution in [0.4, 0.5) is 0 Å². The molecule has 1 N–H and O–H groups in total. The zero-order chi connectivity index (χ0) is 23.0. The number of hydrogen-bond acceptors (Lipinski definition) is 3. The molecule has 2 aromatic carbocycles. The van der Waals surface area contributed by atoms with E-state index in [2.05, 4.69) is 5.32 Å². The molecule has 0 bridgehead atoms. The summed E-state index contributed by atoms with van der Waals surface area (Å²) in [6.45, 7) is 5.59. The number of nitrogens with zero attached hydrogens (tertiary/aromatic N) is 1. The van der Waals surface area contributed by atoms with E-state index in [1.165, 1.54) is 4.90 Å². The highest BCUT2D eigenvalue weighted by Gasteiger charge is 2.30. The molecule has 0 unspecified atom stereocenters. The van der Waals surface area contributed by atoms with E-state index in [1.807, 2.05) is 20.8 Å². The average molecular weight is 486 g/mol. The molecule has 0 radical (unpaired) electrons. The molecule has 2 amide bonds. The second-order valence-electron chi connectivity index (χ2n) is 7.21. The van der Waals surface area contributed by atoms with E-state index in [9.17, 15) is 9.59 Å². The SMILES string of the molecule is CC[C@H](C)NC(=O)[C@H](CC)N(Cc1c(Cl)cccc1Cl)C(=O)COc1cccc(Cl)c1. The van der Waals surface area contributed by atoms with Crippen molar-refractivity contribution in [3.63, 3.8) is 0 Å². The largest absolute Gasteiger partial charge is 0.484 e. The Morgan fingerprint density at radius 3 is 2.26 bits per heavy atom. The van der Waals surface area contributed by atoms with E-state index >= 15 is 0 Å². The van der Waals surface area contributed by atoms with Gasteiger partial charge < -0.3 is 15.0 Å². The van der Waals surface area contributed by atoms with Crippen LogP contribution < -0.4 is 10.1 Å². The second kappa shape index (κ2) is 12.2. The molecule has 168 valence electrons. The highest BCUT2D eigenvalue weighted by molar-refractivity contribution is 6.36. The van der Waals surface area contributed by atoms with Gasteiger partial charge in [0.2, 0.25) is 5.91 Å². The summed E-state index contributed by atoms with van der Waals surface area (Å²) in [6.07, 6.45) is 1.21. The number of carbonyl (C=O) groups excluding carboxylic acids is 2. The summed E-state index contributed by atoms with van der Waals surface area (Å²) in [5.41, 5.74) is 0.580. The molecule has 0 saturated heterocycles. The lowest BCUT2D eigenvalue weighted by Gasteiger charge is -2.31. The minimum absolute atomic E-state index is 0.00915. The van der Waals surface area contributed by atoms with E-state index in [-0.39, 0.29) is 31.0 Å². The molecule has 0 aliphatic carbocycles. The van der Waals surface area contributed by atoms with Gasteiger partial charge in [0.1, 0.15) is 11.8 Å². The number of ether oxygens (including phenoxy) is 1. The predicted octanol–water partition coefficient (Wildman–Crippen LogP) is 5.75. The van der Waals surface area contributed by atoms with Gasteiger partial charge in [0, 0.05) is 33.2 Å². The van der Waals surface area contributed by atoms with Crippen LogP contribution in [0.3, 0.4) is 0 Å². The molecule has 31 heavy (non-hydrogen) atoms. The Balaban J connectivity index is 2.28. The third-order valence-corrected chi connectivity index (χ3v) is 5.88. The van der Waals surface area contributed by atoms with Crippen LogP contribution in [0.1, 0.15) is 39.2 Å². The lowest BCUT2D eigenvalue weighted by Crippen LogP contribution is -2.51. The van der Waals surface area contributed by atoms with Crippen molar-refractivity contribution in [1.29, 1.82) is 0 Å². The molecular weight excluding hydrogens is 459 g/mol. The first-order chi connectivity index (χ1) is 14.8. The Labute approximate surface area is 198 Å². The number of halogens is 3. The van der Waals surface area contributed by atoms with E-state index < -0.39 is 6.04 Å². The van der Waals surface area contributed by atoms with Crippen molar-refractivity contribution in [1.82, 2.24) is 10.2 Å². The Morgan fingerprint density at radius 2 is 1.68 bits per heavy atom. The van der Waals surface area contributed by atoms with Gasteiger partial charge in [0.25, 0.3) is 5.91 Å². The summed E-state index contributed by atoms with van der Waals surface area (Å²) >= 11 is 18.7. The fraction of sp³-hybridized carbons (Fsp3) is 0.391. The van der Waals surface area contributed by atoms with Crippen LogP contribution in [0, 0.1) is 0 Å². The standard InChI is InChI=1S/C23H27Cl3N2O3/c1-4-15(3)27-23(30)21(5-2)28(13-18-19(25)10-7-11-20(18)26)22(29)14-31-17-9-6-8-16(24)12-17/h6-12,15,21H,4-5,13-14H2,1-3H3,(H,27,30)/t15-,21-/m0/s1. The van der Waals surface area contributed by atoms with Gasteiger partial charge in [-0.3, -0.25) is 9.59 Å². The average Bonchev–Trinajstić information content (AvgIpc) is 2.73. The molecule has 5 nitrogen and oxygen atoms in total. The van der Waals surface area contributed by atoms with Gasteiger partial charge in [0.15, 0.2) is 6.61 Å². The van der Waals surface area contributed by atoms with Crippen molar-refractivity contribution in [3.05, 3.63) is 63.1 Å². The van der Waals surface area contributed by atoms with Gasteiger partial charge in [-0.15, -0.1) is 0 Å². The van der Waals surface area contributed by atoms with Crippen LogP contribution in [-0.4, -0.2) is 35.4 Å². The highest BCUT2D eigenvalue weighted by Crippen LogP contribution is 2.27. The Morgan fingerprint density at radius 1 is 1.03 bits per heavy atom. The second-order valence-corrected chi connectivity index (χ2v) is 8.46. The first-order valence-electron chi connectivity index (χ1n) is 10.2. The Kier molecular flexibility index (Phi) is 9.94. The van der Waals surface area contributed by atoms with Gasteiger partial charge in [-0.25, -0.2) is 0 Å². The summed E-state index contributed by atoms with van der Waals surface area (Å²) < 4.78 is 5.63. The zero-order valence-electron chi connectivity index (χ0n) is 17.8. The molecule has 0 saturated carbocycles. The molecule has 0 aliphatic rings. The quantitative estimate of drug-likeness (QED) is 0.466. The van der Waals surface area contributed by atoms with Crippen molar-refractivity contribution in [2.24, 2.45) is 0 Å². The maximum atomic E-state index is 13.2. The van der Waals surface area contributed by atoms with E-state index in [1.54, 1.807) is 42.5 Å². The number of amides is 2. The van der Waals surface area contributed by atoms with Crippen molar-refractivity contribution in [2.75, 3.05) is 6.61 Å². The molecule has 0 heterocycles. The summed E-state index contributed by atoms with van der Waals surface area (Å²) in [5.74, 6) is -0.119. The number of rotatable bonds is 10. The van der Waals surface area contributed by atoms with Gasteiger partial charge in [-0.05, 0) is 50.1 Å². The van der Waals surface area contributed by atoms with Crippen molar-refractivity contribution in [3.8, 4) is 5.75 Å². The van der Waals surface area contributed by atoms with Crippen LogP contribution in [0.2, 0.25) is 15.1 Å². The number of benzene rings is 2. The smallest absolute Gasteiger partial charge is 0.261 e. The van der Waals surface area contributed by atoms with E-state index in [0.29, 0.717) is 32.8 Å². The topological polar surface area (TPSA) is 58.6 Å². The normalized spacial score (nSPS) is 12.7. The van der Waals surface area contributed by atoms with Crippen molar-refractivity contribution >= 4 is 46.6 Å². The lowest BCUT2D eigenvalue weighted by molar-refractivity contribution is -0.143. The fourth-order valence-electron chi connectivity index (χ4n) is 3.00. The molecule has 0 aromatic heterocycles. The molecule has 0 spiro atoms. The Hall–Kier alpha value is -1.95. The molecule has 2 atom stereocenters. The number of hydrogen-bond donors (Lipinski definition) is 1. The summed E-state index contributed by atoms with van der Waals surface area (Å²) in [4.78, 5) is 27.6. The minimum Gasteiger partial charge on any atom is -0.484 e. The van der Waals surface area contributed by atoms with Crippen LogP contribution in [0.15, 0.2) is 42.5 Å². The zero-order valence-corrected chi connectivity index (χ0v) is 20.1. The van der Waals surface area contributed by atoms with Crippen molar-refractivity contribution in [2.45, 2.75) is 52.2 Å². The minimum atomic E-state index is -0.697. The van der Waals surface area contributed by atoms with Gasteiger partial charge in [0.05, 0.1) is 0 Å². The van der Waals surface area contributed by atoms with Crippen LogP contribution in [-0.2, 0) is 16.1 Å².